The molecule has 0 aliphatic carbocycles. The van der Waals surface area contributed by atoms with Crippen molar-refractivity contribution in [2.45, 2.75) is 19.6 Å². The second-order valence-corrected chi connectivity index (χ2v) is 6.48. The molecule has 1 fully saturated rings. The molecule has 2 aromatic rings. The number of aliphatic hydroxyl groups is 1. The van der Waals surface area contributed by atoms with Gasteiger partial charge in [0.15, 0.2) is 0 Å². The van der Waals surface area contributed by atoms with E-state index in [1.54, 1.807) is 11.3 Å². The normalized spacial score (nSPS) is 20.8. The van der Waals surface area contributed by atoms with Crippen LogP contribution in [0.3, 0.4) is 0 Å². The van der Waals surface area contributed by atoms with Crippen molar-refractivity contribution in [2.24, 2.45) is 5.92 Å². The number of rotatable bonds is 5. The zero-order valence-corrected chi connectivity index (χ0v) is 14.2. The van der Waals surface area contributed by atoms with Crippen molar-refractivity contribution in [1.29, 1.82) is 0 Å². The van der Waals surface area contributed by atoms with Crippen molar-refractivity contribution in [3.05, 3.63) is 40.9 Å². The van der Waals surface area contributed by atoms with Crippen LogP contribution in [0.4, 0.5) is 0 Å². The Bertz CT molecular complexity index is 587. The van der Waals surface area contributed by atoms with Gasteiger partial charge in [0.25, 0.3) is 0 Å². The van der Waals surface area contributed by atoms with Crippen LogP contribution in [0.1, 0.15) is 11.3 Å². The number of aryl methyl sites for hydroxylation is 1. The summed E-state index contributed by atoms with van der Waals surface area (Å²) in [4.78, 5) is 4.67. The van der Waals surface area contributed by atoms with Crippen LogP contribution in [-0.4, -0.2) is 35.8 Å². The molecule has 6 heteroatoms. The lowest BCUT2D eigenvalue weighted by atomic mass is 10.1. The highest BCUT2D eigenvalue weighted by atomic mass is 35.5. The van der Waals surface area contributed by atoms with Gasteiger partial charge in [-0.15, -0.1) is 23.7 Å². The maximum atomic E-state index is 9.75. The van der Waals surface area contributed by atoms with Crippen LogP contribution in [0.5, 0.6) is 0 Å². The molecule has 1 aliphatic heterocycles. The van der Waals surface area contributed by atoms with Gasteiger partial charge < -0.3 is 15.7 Å². The van der Waals surface area contributed by atoms with Gasteiger partial charge in [-0.05, 0) is 6.92 Å². The largest absolute Gasteiger partial charge is 0.391 e. The fourth-order valence-electron chi connectivity index (χ4n) is 2.53. The van der Waals surface area contributed by atoms with Crippen LogP contribution in [0.25, 0.3) is 10.6 Å². The lowest BCUT2D eigenvalue weighted by molar-refractivity contribution is 0.146. The molecule has 120 valence electrons. The third-order valence-electron chi connectivity index (χ3n) is 3.87. The van der Waals surface area contributed by atoms with E-state index < -0.39 is 0 Å². The molecular formula is C16H22ClN3OS. The summed E-state index contributed by atoms with van der Waals surface area (Å²) in [6.45, 7) is 5.27. The number of hydrogen-bond donors (Lipinski definition) is 3. The minimum Gasteiger partial charge on any atom is -0.391 e. The zero-order valence-electron chi connectivity index (χ0n) is 12.6. The van der Waals surface area contributed by atoms with E-state index in [-0.39, 0.29) is 18.5 Å². The van der Waals surface area contributed by atoms with Gasteiger partial charge in [-0.3, -0.25) is 0 Å². The number of β-amino-alcohol motifs (C(OH)–C–C–N with tert-alkyl or cyclic N) is 1. The van der Waals surface area contributed by atoms with E-state index in [0.29, 0.717) is 12.5 Å². The fourth-order valence-corrected chi connectivity index (χ4v) is 3.36. The lowest BCUT2D eigenvalue weighted by Crippen LogP contribution is -2.30. The second kappa shape index (κ2) is 8.04. The molecule has 2 heterocycles. The number of benzene rings is 1. The molecular weight excluding hydrogens is 318 g/mol. The first-order valence-corrected chi connectivity index (χ1v) is 8.21. The molecule has 1 aromatic heterocycles. The van der Waals surface area contributed by atoms with E-state index in [1.807, 2.05) is 0 Å². The summed E-state index contributed by atoms with van der Waals surface area (Å²) >= 11 is 1.68. The molecule has 3 rings (SSSR count). The Kier molecular flexibility index (Phi) is 6.35. The van der Waals surface area contributed by atoms with Crippen molar-refractivity contribution in [1.82, 2.24) is 15.6 Å². The third kappa shape index (κ3) is 4.27. The smallest absolute Gasteiger partial charge is 0.123 e. The molecule has 0 radical (unpaired) electrons. The van der Waals surface area contributed by atoms with Crippen LogP contribution < -0.4 is 10.6 Å². The van der Waals surface area contributed by atoms with Crippen molar-refractivity contribution in [3.8, 4) is 10.6 Å². The van der Waals surface area contributed by atoms with E-state index in [1.165, 1.54) is 11.1 Å². The third-order valence-corrected chi connectivity index (χ3v) is 4.81. The monoisotopic (exact) mass is 339 g/mol. The van der Waals surface area contributed by atoms with Gasteiger partial charge in [0.2, 0.25) is 0 Å². The first-order valence-electron chi connectivity index (χ1n) is 7.33. The van der Waals surface area contributed by atoms with E-state index in [9.17, 15) is 5.11 Å². The quantitative estimate of drug-likeness (QED) is 0.781. The van der Waals surface area contributed by atoms with E-state index >= 15 is 0 Å². The average molecular weight is 340 g/mol. The maximum Gasteiger partial charge on any atom is 0.123 e. The Balaban J connectivity index is 0.00000176. The molecule has 2 unspecified atom stereocenters. The van der Waals surface area contributed by atoms with E-state index in [2.05, 4.69) is 52.2 Å². The molecule has 3 N–H and O–H groups in total. The van der Waals surface area contributed by atoms with Crippen LogP contribution >= 0.6 is 23.7 Å². The molecule has 0 bridgehead atoms. The highest BCUT2D eigenvalue weighted by molar-refractivity contribution is 7.13. The van der Waals surface area contributed by atoms with Gasteiger partial charge in [-0.25, -0.2) is 4.98 Å². The van der Waals surface area contributed by atoms with E-state index in [0.717, 1.165) is 30.3 Å². The van der Waals surface area contributed by atoms with Crippen LogP contribution in [0.15, 0.2) is 29.6 Å². The Morgan fingerprint density at radius 3 is 2.77 bits per heavy atom. The molecule has 2 atom stereocenters. The van der Waals surface area contributed by atoms with Crippen molar-refractivity contribution >= 4 is 23.7 Å². The number of thiazole rings is 1. The Labute approximate surface area is 141 Å². The fraction of sp³-hybridized carbons (Fsp3) is 0.438. The second-order valence-electron chi connectivity index (χ2n) is 5.63. The van der Waals surface area contributed by atoms with Crippen molar-refractivity contribution in [2.75, 3.05) is 19.6 Å². The average Bonchev–Trinajstić information content (AvgIpc) is 3.10. The van der Waals surface area contributed by atoms with Crippen molar-refractivity contribution < 1.29 is 5.11 Å². The number of nitrogens with zero attached hydrogens (tertiary/aromatic N) is 1. The number of aromatic nitrogens is 1. The number of nitrogens with one attached hydrogen (secondary N) is 2. The molecule has 4 nitrogen and oxygen atoms in total. The number of halogens is 1. The summed E-state index contributed by atoms with van der Waals surface area (Å²) in [6, 6.07) is 8.46. The lowest BCUT2D eigenvalue weighted by Gasteiger charge is -2.13. The van der Waals surface area contributed by atoms with Gasteiger partial charge >= 0.3 is 0 Å². The summed E-state index contributed by atoms with van der Waals surface area (Å²) in [5.74, 6) is 0.306. The molecule has 1 aromatic carbocycles. The Morgan fingerprint density at radius 1 is 1.32 bits per heavy atom. The summed E-state index contributed by atoms with van der Waals surface area (Å²) in [7, 11) is 0. The predicted molar refractivity (Wildman–Crippen MR) is 93.6 cm³/mol. The first-order chi connectivity index (χ1) is 10.2. The van der Waals surface area contributed by atoms with Gasteiger partial charge in [-0.1, -0.05) is 29.8 Å². The molecule has 0 saturated carbocycles. The van der Waals surface area contributed by atoms with E-state index in [4.69, 9.17) is 0 Å². The molecule has 1 aliphatic rings. The first kappa shape index (κ1) is 17.4. The van der Waals surface area contributed by atoms with Crippen LogP contribution in [0, 0.1) is 12.8 Å². The Hall–Kier alpha value is -0.980. The Morgan fingerprint density at radius 2 is 2.09 bits per heavy atom. The summed E-state index contributed by atoms with van der Waals surface area (Å²) in [5.41, 5.74) is 3.50. The topological polar surface area (TPSA) is 57.2 Å². The molecule has 0 spiro atoms. The van der Waals surface area contributed by atoms with Gasteiger partial charge in [-0.2, -0.15) is 0 Å². The highest BCUT2D eigenvalue weighted by Crippen LogP contribution is 2.23. The maximum absolute atomic E-state index is 9.75. The van der Waals surface area contributed by atoms with Crippen molar-refractivity contribution in [3.63, 3.8) is 0 Å². The van der Waals surface area contributed by atoms with Crippen LogP contribution in [0.2, 0.25) is 0 Å². The predicted octanol–water partition coefficient (Wildman–Crippen LogP) is 2.21. The highest BCUT2D eigenvalue weighted by Gasteiger charge is 2.24. The minimum atomic E-state index is -0.226. The van der Waals surface area contributed by atoms with Gasteiger partial charge in [0.05, 0.1) is 11.8 Å². The number of aliphatic hydroxyl groups excluding tert-OH is 1. The SMILES string of the molecule is Cc1ccc(-c2nc(CNCC3CNCC3O)cs2)cc1.Cl. The zero-order chi connectivity index (χ0) is 14.7. The minimum absolute atomic E-state index is 0. The van der Waals surface area contributed by atoms with Crippen LogP contribution in [-0.2, 0) is 6.54 Å². The molecule has 1 saturated heterocycles. The number of hydrogen-bond acceptors (Lipinski definition) is 5. The van der Waals surface area contributed by atoms with Gasteiger partial charge in [0, 0.05) is 43.0 Å². The molecule has 22 heavy (non-hydrogen) atoms. The molecule has 0 amide bonds. The summed E-state index contributed by atoms with van der Waals surface area (Å²) in [5, 5.41) is 19.5. The van der Waals surface area contributed by atoms with Gasteiger partial charge in [0.1, 0.15) is 5.01 Å². The standard InChI is InChI=1S/C16H21N3OS.ClH/c1-11-2-4-12(5-3-11)16-19-14(10-21-16)8-17-6-13-7-18-9-15(13)20;/h2-5,10,13,15,17-18,20H,6-9H2,1H3;1H. The summed E-state index contributed by atoms with van der Waals surface area (Å²) in [6.07, 6.45) is -0.226. The summed E-state index contributed by atoms with van der Waals surface area (Å²) < 4.78 is 0.